The van der Waals surface area contributed by atoms with Gasteiger partial charge in [-0.1, -0.05) is 191 Å². The number of likely N-dealkylation sites (N-methyl/N-ethyl adjacent to an activating group) is 1. The highest BCUT2D eigenvalue weighted by atomic mass is 31.2. The standard InChI is InChI=1S/C54H96NO12P/c1-6-8-34-40-51(56)62-45-38-32-28-24-20-16-12-10-14-18-22-26-30-36-42-53(58)64-48-50(49-66-68(60,61)65-47-44-55(3,4)5)67-54(59)43-37-31-27-23-19-15-11-13-17-21-25-29-33-39-46-63-52(57)41-35-9-7-2/h6-9,34-35,40-41,50H,10-33,36-39,42-49H2,1-5H3/b8-6+,9-7+,40-34+,41-35+/t50-/m1/s1. The highest BCUT2D eigenvalue weighted by Gasteiger charge is 2.22. The first-order valence-corrected chi connectivity index (χ1v) is 27.9. The van der Waals surface area contributed by atoms with Crippen molar-refractivity contribution in [2.24, 2.45) is 0 Å². The molecular weight excluding hydrogens is 886 g/mol. The van der Waals surface area contributed by atoms with E-state index in [0.29, 0.717) is 37.1 Å². The van der Waals surface area contributed by atoms with Gasteiger partial charge >= 0.3 is 23.9 Å². The number of ether oxygens (including phenoxy) is 4. The summed E-state index contributed by atoms with van der Waals surface area (Å²) >= 11 is 0. The van der Waals surface area contributed by atoms with Crippen molar-refractivity contribution in [2.75, 3.05) is 60.7 Å². The summed E-state index contributed by atoms with van der Waals surface area (Å²) in [6, 6.07) is 0. The van der Waals surface area contributed by atoms with E-state index in [9.17, 15) is 28.6 Å². The van der Waals surface area contributed by atoms with Crippen LogP contribution in [0.2, 0.25) is 0 Å². The molecule has 0 heterocycles. The number of esters is 4. The zero-order valence-corrected chi connectivity index (χ0v) is 44.3. The van der Waals surface area contributed by atoms with E-state index in [2.05, 4.69) is 0 Å². The number of phosphoric acid groups is 1. The molecule has 394 valence electrons. The average molecular weight is 982 g/mol. The topological polar surface area (TPSA) is 164 Å². The molecule has 13 nitrogen and oxygen atoms in total. The second-order valence-corrected chi connectivity index (χ2v) is 20.3. The van der Waals surface area contributed by atoms with Crippen molar-refractivity contribution in [1.82, 2.24) is 0 Å². The smallest absolute Gasteiger partial charge is 0.330 e. The van der Waals surface area contributed by atoms with E-state index in [0.717, 1.165) is 64.2 Å². The monoisotopic (exact) mass is 982 g/mol. The fourth-order valence-electron chi connectivity index (χ4n) is 7.17. The van der Waals surface area contributed by atoms with Gasteiger partial charge < -0.3 is 37.4 Å². The third-order valence-corrected chi connectivity index (χ3v) is 12.2. The van der Waals surface area contributed by atoms with Crippen molar-refractivity contribution < 1.29 is 61.1 Å². The van der Waals surface area contributed by atoms with Gasteiger partial charge in [0.25, 0.3) is 7.82 Å². The van der Waals surface area contributed by atoms with Crippen LogP contribution < -0.4 is 4.89 Å². The normalized spacial score (nSPS) is 13.4. The van der Waals surface area contributed by atoms with Gasteiger partial charge in [-0.25, -0.2) is 9.59 Å². The first-order chi connectivity index (χ1) is 32.8. The van der Waals surface area contributed by atoms with Crippen LogP contribution >= 0.6 is 7.82 Å². The Kier molecular flexibility index (Phi) is 44.2. The molecule has 0 radical (unpaired) electrons. The Bertz CT molecular complexity index is 1420. The van der Waals surface area contributed by atoms with E-state index in [-0.39, 0.29) is 38.0 Å². The minimum atomic E-state index is -4.66. The number of rotatable bonds is 48. The number of allylic oxidation sites excluding steroid dienone is 6. The maximum absolute atomic E-state index is 12.8. The van der Waals surface area contributed by atoms with Crippen LogP contribution in [0.1, 0.15) is 206 Å². The largest absolute Gasteiger partial charge is 0.756 e. The van der Waals surface area contributed by atoms with Crippen molar-refractivity contribution in [3.63, 3.8) is 0 Å². The molecule has 68 heavy (non-hydrogen) atoms. The molecule has 0 aliphatic carbocycles. The fourth-order valence-corrected chi connectivity index (χ4v) is 7.90. The van der Waals surface area contributed by atoms with Gasteiger partial charge in [0.2, 0.25) is 0 Å². The highest BCUT2D eigenvalue weighted by Crippen LogP contribution is 2.38. The lowest BCUT2D eigenvalue weighted by Gasteiger charge is -2.28. The molecule has 0 aromatic rings. The Morgan fingerprint density at radius 2 is 0.809 bits per heavy atom. The first kappa shape index (κ1) is 64.9. The molecule has 0 aromatic carbocycles. The zero-order chi connectivity index (χ0) is 50.2. The van der Waals surface area contributed by atoms with Crippen molar-refractivity contribution in [3.05, 3.63) is 48.6 Å². The van der Waals surface area contributed by atoms with Gasteiger partial charge in [-0.2, -0.15) is 0 Å². The number of unbranched alkanes of at least 4 members (excludes halogenated alkanes) is 26. The third-order valence-electron chi connectivity index (χ3n) is 11.3. The Morgan fingerprint density at radius 1 is 0.456 bits per heavy atom. The predicted molar refractivity (Wildman–Crippen MR) is 272 cm³/mol. The summed E-state index contributed by atoms with van der Waals surface area (Å²) in [5.41, 5.74) is 0. The molecule has 0 aliphatic heterocycles. The first-order valence-electron chi connectivity index (χ1n) is 26.5. The number of carbonyl (C=O) groups excluding carboxylic acids is 4. The lowest BCUT2D eigenvalue weighted by atomic mass is 10.0. The summed E-state index contributed by atoms with van der Waals surface area (Å²) in [5, 5.41) is 0. The summed E-state index contributed by atoms with van der Waals surface area (Å²) in [6.45, 7) is 4.38. The molecule has 14 heteroatoms. The van der Waals surface area contributed by atoms with Crippen molar-refractivity contribution >= 4 is 31.7 Å². The van der Waals surface area contributed by atoms with Crippen LogP contribution in [0.25, 0.3) is 0 Å². The molecule has 0 bridgehead atoms. The minimum absolute atomic E-state index is 0.0511. The molecule has 0 N–H and O–H groups in total. The molecule has 0 saturated carbocycles. The number of quaternary nitrogens is 1. The minimum Gasteiger partial charge on any atom is -0.756 e. The van der Waals surface area contributed by atoms with E-state index in [1.807, 2.05) is 47.1 Å². The van der Waals surface area contributed by atoms with E-state index < -0.39 is 32.5 Å². The van der Waals surface area contributed by atoms with Crippen LogP contribution in [0.3, 0.4) is 0 Å². The number of phosphoric ester groups is 1. The Balaban J connectivity index is 4.18. The number of carbonyl (C=O) groups is 4. The summed E-state index contributed by atoms with van der Waals surface area (Å²) in [4.78, 5) is 60.9. The van der Waals surface area contributed by atoms with Crippen LogP contribution in [-0.4, -0.2) is 95.2 Å². The quantitative estimate of drug-likeness (QED) is 0.0108. The summed E-state index contributed by atoms with van der Waals surface area (Å²) in [5.74, 6) is -1.46. The SMILES string of the molecule is C/C=C/C=C/C(=O)OCCCCCCCCCCCCCCCCC(=O)OC[C@H](COP(=O)([O-])OCC[N+](C)(C)C)OC(=O)CCCCCCCCCCCCCCCCOC(=O)/C=C/C=C/C. The van der Waals surface area contributed by atoms with Gasteiger partial charge in [0.1, 0.15) is 19.8 Å². The van der Waals surface area contributed by atoms with Crippen molar-refractivity contribution in [2.45, 2.75) is 213 Å². The summed E-state index contributed by atoms with van der Waals surface area (Å²) < 4.78 is 44.4. The van der Waals surface area contributed by atoms with Crippen LogP contribution in [0.5, 0.6) is 0 Å². The summed E-state index contributed by atoms with van der Waals surface area (Å²) in [6.07, 6.45) is 44.0. The molecule has 1 unspecified atom stereocenters. The fraction of sp³-hybridized carbons (Fsp3) is 0.778. The molecule has 0 saturated heterocycles. The molecule has 0 amide bonds. The molecule has 0 spiro atoms. The highest BCUT2D eigenvalue weighted by molar-refractivity contribution is 7.45. The lowest BCUT2D eigenvalue weighted by molar-refractivity contribution is -0.870. The third kappa shape index (κ3) is 49.3. The average Bonchev–Trinajstić information content (AvgIpc) is 3.29. The maximum Gasteiger partial charge on any atom is 0.330 e. The molecular formula is C54H96NO12P. The van der Waals surface area contributed by atoms with E-state index >= 15 is 0 Å². The molecule has 0 fully saturated rings. The van der Waals surface area contributed by atoms with Crippen LogP contribution in [0, 0.1) is 0 Å². The van der Waals surface area contributed by atoms with Crippen LogP contribution in [-0.2, 0) is 51.7 Å². The molecule has 0 aromatic heterocycles. The maximum atomic E-state index is 12.8. The Morgan fingerprint density at radius 3 is 1.18 bits per heavy atom. The van der Waals surface area contributed by atoms with Gasteiger partial charge in [0.05, 0.1) is 41.0 Å². The molecule has 0 rings (SSSR count). The van der Waals surface area contributed by atoms with Crippen LogP contribution in [0.4, 0.5) is 0 Å². The number of hydrogen-bond acceptors (Lipinski definition) is 12. The Hall–Kier alpha value is -3.09. The number of nitrogens with zero attached hydrogens (tertiary/aromatic N) is 1. The van der Waals surface area contributed by atoms with E-state index in [1.54, 1.807) is 24.3 Å². The second-order valence-electron chi connectivity index (χ2n) is 18.9. The molecule has 0 aliphatic rings. The second kappa shape index (κ2) is 46.3. The molecule has 2 atom stereocenters. The van der Waals surface area contributed by atoms with E-state index in [4.69, 9.17) is 28.0 Å². The van der Waals surface area contributed by atoms with Gasteiger partial charge in [0.15, 0.2) is 6.10 Å². The number of hydrogen-bond donors (Lipinski definition) is 0. The van der Waals surface area contributed by atoms with Gasteiger partial charge in [-0.3, -0.25) is 14.2 Å². The lowest BCUT2D eigenvalue weighted by Crippen LogP contribution is -2.37. The predicted octanol–water partition coefficient (Wildman–Crippen LogP) is 12.7. The van der Waals surface area contributed by atoms with Gasteiger partial charge in [-0.05, 0) is 39.5 Å². The summed E-state index contributed by atoms with van der Waals surface area (Å²) in [7, 11) is 1.10. The van der Waals surface area contributed by atoms with Crippen molar-refractivity contribution in [1.29, 1.82) is 0 Å². The van der Waals surface area contributed by atoms with Crippen LogP contribution in [0.15, 0.2) is 48.6 Å². The van der Waals surface area contributed by atoms with Gasteiger partial charge in [0, 0.05) is 25.0 Å². The van der Waals surface area contributed by atoms with E-state index in [1.165, 1.54) is 115 Å². The zero-order valence-electron chi connectivity index (χ0n) is 43.4. The van der Waals surface area contributed by atoms with Gasteiger partial charge in [-0.15, -0.1) is 0 Å². The Labute approximate surface area is 413 Å². The van der Waals surface area contributed by atoms with Crippen molar-refractivity contribution in [3.8, 4) is 0 Å².